The summed E-state index contributed by atoms with van der Waals surface area (Å²) >= 11 is 0. The number of hydrogen-bond donors (Lipinski definition) is 1. The molecule has 0 saturated heterocycles. The van der Waals surface area contributed by atoms with Crippen LogP contribution in [0.5, 0.6) is 0 Å². The Morgan fingerprint density at radius 1 is 1.00 bits per heavy atom. The van der Waals surface area contributed by atoms with Crippen LogP contribution in [-0.4, -0.2) is 13.0 Å². The van der Waals surface area contributed by atoms with Crippen molar-refractivity contribution in [1.29, 1.82) is 0 Å². The van der Waals surface area contributed by atoms with Gasteiger partial charge in [-0.2, -0.15) is 0 Å². The van der Waals surface area contributed by atoms with Crippen LogP contribution in [0.4, 0.5) is 5.69 Å². The van der Waals surface area contributed by atoms with E-state index in [4.69, 9.17) is 9.15 Å². The lowest BCUT2D eigenvalue weighted by atomic mass is 9.92. The third-order valence-electron chi connectivity index (χ3n) is 4.80. The molecule has 1 N–H and O–H groups in total. The topological polar surface area (TPSA) is 51.5 Å². The van der Waals surface area contributed by atoms with E-state index in [1.165, 1.54) is 0 Å². The van der Waals surface area contributed by atoms with Crippen LogP contribution in [0.25, 0.3) is 11.0 Å². The molecule has 0 atom stereocenters. The number of benzene rings is 2. The van der Waals surface area contributed by atoms with E-state index < -0.39 is 0 Å². The van der Waals surface area contributed by atoms with Crippen molar-refractivity contribution in [2.24, 2.45) is 0 Å². The Morgan fingerprint density at radius 3 is 2.22 bits per heavy atom. The second-order valence-electron chi connectivity index (χ2n) is 7.41. The zero-order chi connectivity index (χ0) is 19.6. The molecule has 0 aliphatic heterocycles. The molecular formula is C23H27NO3. The minimum absolute atomic E-state index is 0.242. The molecule has 0 spiro atoms. The third kappa shape index (κ3) is 3.76. The molecule has 0 bridgehead atoms. The summed E-state index contributed by atoms with van der Waals surface area (Å²) in [6.07, 6.45) is 0. The Morgan fingerprint density at radius 2 is 1.63 bits per heavy atom. The Bertz CT molecular complexity index is 927. The summed E-state index contributed by atoms with van der Waals surface area (Å²) in [7, 11) is 1.62. The zero-order valence-electron chi connectivity index (χ0n) is 16.6. The molecule has 0 aliphatic carbocycles. The maximum atomic E-state index is 13.2. The van der Waals surface area contributed by atoms with Gasteiger partial charge in [-0.25, -0.2) is 0 Å². The molecule has 1 amide bonds. The minimum Gasteiger partial charge on any atom is -0.451 e. The van der Waals surface area contributed by atoms with E-state index in [1.54, 1.807) is 7.11 Å². The fourth-order valence-corrected chi connectivity index (χ4v) is 3.44. The number of ether oxygens (including phenoxy) is 1. The molecule has 0 fully saturated rings. The molecule has 1 aromatic heterocycles. The number of anilines is 1. The highest BCUT2D eigenvalue weighted by Crippen LogP contribution is 2.34. The highest BCUT2D eigenvalue weighted by molar-refractivity contribution is 6.07. The van der Waals surface area contributed by atoms with Crippen molar-refractivity contribution in [3.8, 4) is 0 Å². The van der Waals surface area contributed by atoms with Crippen LogP contribution in [0.3, 0.4) is 0 Å². The molecule has 0 saturated carbocycles. The molecule has 0 aliphatic rings. The van der Waals surface area contributed by atoms with Crippen molar-refractivity contribution in [3.63, 3.8) is 0 Å². The number of carbonyl (C=O) groups excluding carboxylic acids is 1. The van der Waals surface area contributed by atoms with Crippen molar-refractivity contribution in [2.45, 2.75) is 46.1 Å². The van der Waals surface area contributed by atoms with Crippen molar-refractivity contribution in [1.82, 2.24) is 0 Å². The number of rotatable bonds is 6. The first-order valence-electron chi connectivity index (χ1n) is 9.37. The Hall–Kier alpha value is -2.59. The average Bonchev–Trinajstić information content (AvgIpc) is 3.00. The van der Waals surface area contributed by atoms with E-state index in [0.717, 1.165) is 27.8 Å². The second kappa shape index (κ2) is 7.97. The number of hydrogen-bond acceptors (Lipinski definition) is 3. The summed E-state index contributed by atoms with van der Waals surface area (Å²) in [5, 5.41) is 4.04. The summed E-state index contributed by atoms with van der Waals surface area (Å²) in [6, 6.07) is 13.8. The number of furan rings is 1. The number of fused-ring (bicyclic) bond motifs is 1. The van der Waals surface area contributed by atoms with E-state index in [-0.39, 0.29) is 5.91 Å². The van der Waals surface area contributed by atoms with Crippen LogP contribution in [-0.2, 0) is 11.3 Å². The maximum Gasteiger partial charge on any atom is 0.291 e. The standard InChI is InChI=1S/C23H27NO3/c1-14(2)16-10-8-11-17(15(3)4)21(16)24-23(25)22-19(13-26-5)18-9-6-7-12-20(18)27-22/h6-12,14-15H,13H2,1-5H3,(H,24,25). The van der Waals surface area contributed by atoms with Gasteiger partial charge in [0, 0.05) is 23.7 Å². The highest BCUT2D eigenvalue weighted by Gasteiger charge is 2.23. The van der Waals surface area contributed by atoms with Gasteiger partial charge in [-0.05, 0) is 29.0 Å². The fourth-order valence-electron chi connectivity index (χ4n) is 3.44. The van der Waals surface area contributed by atoms with Gasteiger partial charge in [0.25, 0.3) is 5.91 Å². The van der Waals surface area contributed by atoms with Gasteiger partial charge in [0.1, 0.15) is 5.58 Å². The molecule has 0 radical (unpaired) electrons. The Balaban J connectivity index is 2.06. The second-order valence-corrected chi connectivity index (χ2v) is 7.41. The molecule has 0 unspecified atom stereocenters. The van der Waals surface area contributed by atoms with E-state index >= 15 is 0 Å². The highest BCUT2D eigenvalue weighted by atomic mass is 16.5. The first kappa shape index (κ1) is 19.2. The molecular weight excluding hydrogens is 338 g/mol. The van der Waals surface area contributed by atoms with Gasteiger partial charge in [0.15, 0.2) is 5.76 Å². The molecule has 27 heavy (non-hydrogen) atoms. The predicted octanol–water partition coefficient (Wildman–Crippen LogP) is 6.08. The lowest BCUT2D eigenvalue weighted by molar-refractivity contribution is 0.0992. The van der Waals surface area contributed by atoms with E-state index in [1.807, 2.05) is 24.3 Å². The number of methoxy groups -OCH3 is 1. The summed E-state index contributed by atoms with van der Waals surface area (Å²) in [5.74, 6) is 0.667. The van der Waals surface area contributed by atoms with Crippen LogP contribution >= 0.6 is 0 Å². The molecule has 142 valence electrons. The lowest BCUT2D eigenvalue weighted by Crippen LogP contribution is -2.17. The monoisotopic (exact) mass is 365 g/mol. The summed E-state index contributed by atoms with van der Waals surface area (Å²) < 4.78 is 11.2. The smallest absolute Gasteiger partial charge is 0.291 e. The van der Waals surface area contributed by atoms with Gasteiger partial charge in [-0.15, -0.1) is 0 Å². The molecule has 3 aromatic rings. The van der Waals surface area contributed by atoms with E-state index in [2.05, 4.69) is 51.2 Å². The van der Waals surface area contributed by atoms with Crippen LogP contribution in [0, 0.1) is 0 Å². The van der Waals surface area contributed by atoms with E-state index in [9.17, 15) is 4.79 Å². The zero-order valence-corrected chi connectivity index (χ0v) is 16.6. The maximum absolute atomic E-state index is 13.2. The van der Waals surface area contributed by atoms with Crippen LogP contribution in [0.15, 0.2) is 46.9 Å². The van der Waals surface area contributed by atoms with Gasteiger partial charge >= 0.3 is 0 Å². The number of amides is 1. The average molecular weight is 365 g/mol. The molecule has 2 aromatic carbocycles. The number of nitrogens with one attached hydrogen (secondary N) is 1. The van der Waals surface area contributed by atoms with Crippen molar-refractivity contribution >= 4 is 22.6 Å². The molecule has 1 heterocycles. The van der Waals surface area contributed by atoms with Crippen LogP contribution in [0.2, 0.25) is 0 Å². The quantitative estimate of drug-likeness (QED) is 0.576. The number of para-hydroxylation sites is 2. The van der Waals surface area contributed by atoms with Gasteiger partial charge in [0.05, 0.1) is 6.61 Å². The molecule has 4 nitrogen and oxygen atoms in total. The van der Waals surface area contributed by atoms with Crippen molar-refractivity contribution < 1.29 is 13.9 Å². The Labute approximate surface area is 160 Å². The first-order valence-corrected chi connectivity index (χ1v) is 9.37. The predicted molar refractivity (Wildman–Crippen MR) is 110 cm³/mol. The molecule has 3 rings (SSSR count). The van der Waals surface area contributed by atoms with Gasteiger partial charge < -0.3 is 14.5 Å². The number of carbonyl (C=O) groups is 1. The van der Waals surface area contributed by atoms with E-state index in [0.29, 0.717) is 29.8 Å². The molecule has 4 heteroatoms. The summed E-state index contributed by atoms with van der Waals surface area (Å²) in [6.45, 7) is 8.85. The van der Waals surface area contributed by atoms with Gasteiger partial charge in [-0.1, -0.05) is 64.1 Å². The van der Waals surface area contributed by atoms with Crippen LogP contribution < -0.4 is 5.32 Å². The lowest BCUT2D eigenvalue weighted by Gasteiger charge is -2.20. The summed E-state index contributed by atoms with van der Waals surface area (Å²) in [5.41, 5.74) is 4.60. The first-order chi connectivity index (χ1) is 12.9. The van der Waals surface area contributed by atoms with Gasteiger partial charge in [-0.3, -0.25) is 4.79 Å². The summed E-state index contributed by atoms with van der Waals surface area (Å²) in [4.78, 5) is 13.2. The SMILES string of the molecule is COCc1c(C(=O)Nc2c(C(C)C)cccc2C(C)C)oc2ccccc12. The largest absolute Gasteiger partial charge is 0.451 e. The Kier molecular flexibility index (Phi) is 5.66. The third-order valence-corrected chi connectivity index (χ3v) is 4.80. The fraction of sp³-hybridized carbons (Fsp3) is 0.348. The van der Waals surface area contributed by atoms with Crippen LogP contribution in [0.1, 0.15) is 66.8 Å². The normalized spacial score (nSPS) is 11.5. The van der Waals surface area contributed by atoms with Crippen molar-refractivity contribution in [2.75, 3.05) is 12.4 Å². The minimum atomic E-state index is -0.242. The van der Waals surface area contributed by atoms with Gasteiger partial charge in [0.2, 0.25) is 0 Å². The van der Waals surface area contributed by atoms with Crippen molar-refractivity contribution in [3.05, 3.63) is 64.9 Å².